The number of ketones is 2. The Hall–Kier alpha value is -3.48. The third-order valence-corrected chi connectivity index (χ3v) is 7.41. The number of carbonyl (C=O) groups excluding carboxylic acids is 4. The van der Waals surface area contributed by atoms with Crippen LogP contribution in [0.15, 0.2) is 46.1 Å². The average Bonchev–Trinajstić information content (AvgIpc) is 2.92. The van der Waals surface area contributed by atoms with Crippen LogP contribution in [0.3, 0.4) is 0 Å². The van der Waals surface area contributed by atoms with E-state index in [2.05, 4.69) is 5.32 Å². The minimum atomic E-state index is -1.10. The number of allylic oxidation sites excluding steroid dienone is 4. The molecular formula is C29H42N2O10. The van der Waals surface area contributed by atoms with Crippen LogP contribution in [-0.2, 0) is 33.3 Å². The molecule has 2 amide bonds. The third-order valence-electron chi connectivity index (χ3n) is 7.41. The molecule has 0 unspecified atom stereocenters. The van der Waals surface area contributed by atoms with Crippen molar-refractivity contribution in [2.75, 3.05) is 21.3 Å². The zero-order valence-electron chi connectivity index (χ0n) is 24.7. The van der Waals surface area contributed by atoms with Crippen LogP contribution in [0.2, 0.25) is 0 Å². The molecule has 228 valence electrons. The van der Waals surface area contributed by atoms with Crippen LogP contribution in [-0.4, -0.2) is 79.5 Å². The highest BCUT2D eigenvalue weighted by molar-refractivity contribution is 6.50. The fourth-order valence-electron chi connectivity index (χ4n) is 5.14. The van der Waals surface area contributed by atoms with E-state index in [9.17, 15) is 29.4 Å². The summed E-state index contributed by atoms with van der Waals surface area (Å²) in [6.45, 7) is 6.87. The number of rotatable bonds is 4. The summed E-state index contributed by atoms with van der Waals surface area (Å²) in [6.07, 6.45) is 0.235. The van der Waals surface area contributed by atoms with E-state index in [1.807, 2.05) is 6.92 Å². The molecule has 0 fully saturated rings. The third kappa shape index (κ3) is 8.27. The number of aliphatic hydroxyl groups is 2. The minimum absolute atomic E-state index is 0.0713. The van der Waals surface area contributed by atoms with Gasteiger partial charge in [0.05, 0.1) is 25.4 Å². The van der Waals surface area contributed by atoms with Gasteiger partial charge in [0, 0.05) is 31.3 Å². The molecule has 2 bridgehead atoms. The van der Waals surface area contributed by atoms with Gasteiger partial charge in [-0.05, 0) is 51.0 Å². The number of Topliss-reactive ketones (excluding diaryl/α,β-unsaturated/α-hetero) is 2. The van der Waals surface area contributed by atoms with Crippen molar-refractivity contribution in [2.24, 2.45) is 17.6 Å². The van der Waals surface area contributed by atoms with Crippen LogP contribution < -0.4 is 11.1 Å². The summed E-state index contributed by atoms with van der Waals surface area (Å²) in [4.78, 5) is 50.3. The molecule has 1 aliphatic carbocycles. The molecule has 41 heavy (non-hydrogen) atoms. The topological polar surface area (TPSA) is 184 Å². The highest BCUT2D eigenvalue weighted by Gasteiger charge is 2.38. The maximum Gasteiger partial charge on any atom is 0.405 e. The van der Waals surface area contributed by atoms with Gasteiger partial charge in [-0.25, -0.2) is 4.79 Å². The number of aliphatic hydroxyl groups excluding tert-OH is 2. The van der Waals surface area contributed by atoms with E-state index < -0.39 is 65.4 Å². The van der Waals surface area contributed by atoms with Crippen molar-refractivity contribution >= 4 is 23.6 Å². The Bertz CT molecular complexity index is 1150. The molecule has 12 heteroatoms. The van der Waals surface area contributed by atoms with Crippen molar-refractivity contribution in [1.29, 1.82) is 0 Å². The Balaban J connectivity index is 2.61. The second kappa shape index (κ2) is 14.9. The van der Waals surface area contributed by atoms with Crippen molar-refractivity contribution in [3.63, 3.8) is 0 Å². The van der Waals surface area contributed by atoms with Crippen LogP contribution >= 0.6 is 0 Å². The fourth-order valence-corrected chi connectivity index (χ4v) is 5.14. The second-order valence-electron chi connectivity index (χ2n) is 10.5. The Morgan fingerprint density at radius 3 is 2.24 bits per heavy atom. The maximum atomic E-state index is 12.9. The van der Waals surface area contributed by atoms with Gasteiger partial charge in [0.1, 0.15) is 11.5 Å². The van der Waals surface area contributed by atoms with E-state index >= 15 is 0 Å². The molecule has 0 saturated heterocycles. The minimum Gasteiger partial charge on any atom is -0.505 e. The van der Waals surface area contributed by atoms with Gasteiger partial charge in [-0.1, -0.05) is 26.0 Å². The summed E-state index contributed by atoms with van der Waals surface area (Å²) in [6, 6.07) is 0. The quantitative estimate of drug-likeness (QED) is 0.220. The molecule has 0 spiro atoms. The highest BCUT2D eigenvalue weighted by atomic mass is 16.6. The van der Waals surface area contributed by atoms with Gasteiger partial charge < -0.3 is 40.2 Å². The number of nitrogens with two attached hydrogens (primary N) is 1. The predicted octanol–water partition coefficient (Wildman–Crippen LogP) is 2.52. The number of amides is 2. The molecule has 0 radical (unpaired) electrons. The van der Waals surface area contributed by atoms with Crippen molar-refractivity contribution in [1.82, 2.24) is 5.32 Å². The number of primary amides is 1. The van der Waals surface area contributed by atoms with E-state index in [-0.39, 0.29) is 29.2 Å². The first-order valence-corrected chi connectivity index (χ1v) is 13.4. The molecule has 0 aromatic heterocycles. The number of nitrogens with one attached hydrogen (secondary N) is 1. The smallest absolute Gasteiger partial charge is 0.405 e. The normalized spacial score (nSPS) is 32.0. The lowest BCUT2D eigenvalue weighted by atomic mass is 9.85. The molecule has 0 aromatic rings. The zero-order chi connectivity index (χ0) is 31.0. The first-order chi connectivity index (χ1) is 19.3. The summed E-state index contributed by atoms with van der Waals surface area (Å²) < 4.78 is 21.8. The zero-order valence-corrected chi connectivity index (χ0v) is 24.7. The van der Waals surface area contributed by atoms with E-state index in [1.54, 1.807) is 26.0 Å². The lowest BCUT2D eigenvalue weighted by Gasteiger charge is -2.30. The van der Waals surface area contributed by atoms with E-state index in [4.69, 9.17) is 24.7 Å². The number of carbonyl (C=O) groups is 4. The van der Waals surface area contributed by atoms with Crippen molar-refractivity contribution in [3.05, 3.63) is 46.1 Å². The summed E-state index contributed by atoms with van der Waals surface area (Å²) in [7, 11) is 4.13. The van der Waals surface area contributed by atoms with Crippen LogP contribution in [0, 0.1) is 11.8 Å². The van der Waals surface area contributed by atoms with Gasteiger partial charge in [0.15, 0.2) is 11.9 Å². The van der Waals surface area contributed by atoms with Crippen molar-refractivity contribution < 1.29 is 48.3 Å². The average molecular weight is 579 g/mol. The molecule has 5 N–H and O–H groups in total. The van der Waals surface area contributed by atoms with E-state index in [0.717, 1.165) is 0 Å². The highest BCUT2D eigenvalue weighted by Crippen LogP contribution is 2.32. The summed E-state index contributed by atoms with van der Waals surface area (Å²) >= 11 is 0. The first kappa shape index (κ1) is 33.7. The molecule has 1 heterocycles. The molecular weight excluding hydrogens is 536 g/mol. The number of fused-ring (bicyclic) bond motifs is 1. The first-order valence-electron chi connectivity index (χ1n) is 13.4. The van der Waals surface area contributed by atoms with Gasteiger partial charge in [0.2, 0.25) is 0 Å². The molecule has 0 saturated carbocycles. The molecule has 2 aliphatic rings. The Morgan fingerprint density at radius 1 is 1.05 bits per heavy atom. The monoisotopic (exact) mass is 578 g/mol. The second-order valence-corrected chi connectivity index (χ2v) is 10.5. The Kier molecular flexibility index (Phi) is 12.3. The van der Waals surface area contributed by atoms with E-state index in [0.29, 0.717) is 24.8 Å². The molecule has 12 nitrogen and oxygen atoms in total. The van der Waals surface area contributed by atoms with Crippen molar-refractivity contribution in [2.45, 2.75) is 77.8 Å². The summed E-state index contributed by atoms with van der Waals surface area (Å²) in [5.74, 6) is -4.36. The lowest BCUT2D eigenvalue weighted by molar-refractivity contribution is -0.135. The van der Waals surface area contributed by atoms with Crippen molar-refractivity contribution in [3.8, 4) is 0 Å². The molecule has 2 rings (SSSR count). The van der Waals surface area contributed by atoms with Gasteiger partial charge in [0.25, 0.3) is 17.5 Å². The SMILES string of the molecule is COC1=C2C[C@H](C)C[C@H](OC)[C@H](O)[C@H](C)/C=C(\C)[C@H](OC(N)=O)[C@H](OC)CC/C=C(\C)C(=O)NC(=C2O)C(=O)C1=O. The van der Waals surface area contributed by atoms with E-state index in [1.165, 1.54) is 28.3 Å². The van der Waals surface area contributed by atoms with Crippen LogP contribution in [0.5, 0.6) is 0 Å². The number of ether oxygens (including phenoxy) is 4. The summed E-state index contributed by atoms with van der Waals surface area (Å²) in [5, 5.41) is 24.6. The fraction of sp³-hybridized carbons (Fsp3) is 0.586. The largest absolute Gasteiger partial charge is 0.505 e. The van der Waals surface area contributed by atoms with Crippen LogP contribution in [0.1, 0.15) is 53.4 Å². The van der Waals surface area contributed by atoms with Gasteiger partial charge in [-0.15, -0.1) is 0 Å². The number of hydrogen-bond donors (Lipinski definition) is 4. The van der Waals surface area contributed by atoms with Crippen LogP contribution in [0.4, 0.5) is 4.79 Å². The Morgan fingerprint density at radius 2 is 1.68 bits per heavy atom. The predicted molar refractivity (Wildman–Crippen MR) is 148 cm³/mol. The van der Waals surface area contributed by atoms with Gasteiger partial charge in [-0.2, -0.15) is 0 Å². The number of methoxy groups -OCH3 is 3. The Labute approximate surface area is 240 Å². The van der Waals surface area contributed by atoms with Gasteiger partial charge >= 0.3 is 6.09 Å². The summed E-state index contributed by atoms with van der Waals surface area (Å²) in [5.41, 5.74) is 5.70. The molecule has 1 aliphatic heterocycles. The van der Waals surface area contributed by atoms with Gasteiger partial charge in [-0.3, -0.25) is 14.4 Å². The van der Waals surface area contributed by atoms with Crippen LogP contribution in [0.25, 0.3) is 0 Å². The molecule has 0 aromatic carbocycles. The standard InChI is InChI=1S/C29H42N2O10/c1-14-11-18-23(33)21(24(34)25(35)27(18)40-7)31-28(36)15(2)9-8-10-19(38-5)26(41-29(30)37)17(4)13-16(3)22(32)20(12-14)39-6/h9,13-14,16,19-20,22,26,32-33H,8,10-12H2,1-7H3,(H2,30,37)(H,31,36)/b15-9+,17-13+/t14-,16+,19+,20-,22+,26-/m0/s1. The number of hydrogen-bond acceptors (Lipinski definition) is 10. The molecule has 6 atom stereocenters. The maximum absolute atomic E-state index is 12.9. The lowest BCUT2D eigenvalue weighted by Crippen LogP contribution is -2.38.